The summed E-state index contributed by atoms with van der Waals surface area (Å²) < 4.78 is 82.0. The third-order valence-electron chi connectivity index (χ3n) is 10.7. The molecule has 8 atom stereocenters. The second-order valence-electron chi connectivity index (χ2n) is 15.7. The van der Waals surface area contributed by atoms with Crippen LogP contribution in [-0.4, -0.2) is 118 Å². The first-order chi connectivity index (χ1) is 32.3. The van der Waals surface area contributed by atoms with Crippen molar-refractivity contribution in [2.45, 2.75) is 125 Å². The Balaban J connectivity index is 0.000000197. The Hall–Kier alpha value is -6.32. The lowest BCUT2D eigenvalue weighted by Crippen LogP contribution is -2.41. The minimum atomic E-state index is -3.81. The van der Waals surface area contributed by atoms with E-state index >= 15 is 0 Å². The molecule has 0 saturated carbocycles. The third-order valence-corrected chi connectivity index (χ3v) is 10.7. The smallest absolute Gasteiger partial charge is 0.442 e. The molecule has 4 heterocycles. The second kappa shape index (κ2) is 24.1. The number of nitrogen functional groups attached to an aromatic ring is 1. The first-order valence-electron chi connectivity index (χ1n) is 21.4. The topological polar surface area (TPSA) is 312 Å². The maximum Gasteiger partial charge on any atom is 0.514 e. The summed E-state index contributed by atoms with van der Waals surface area (Å²) in [4.78, 5) is 64.2. The van der Waals surface area contributed by atoms with Gasteiger partial charge < -0.3 is 49.8 Å². The van der Waals surface area contributed by atoms with Gasteiger partial charge in [-0.1, -0.05) is 25.0 Å². The van der Waals surface area contributed by atoms with Crippen molar-refractivity contribution >= 4 is 29.6 Å². The van der Waals surface area contributed by atoms with Crippen molar-refractivity contribution in [3.63, 3.8) is 0 Å². The molecular weight excluding hydrogens is 918 g/mol. The molecule has 7 N–H and O–H groups in total. The number of alkyl halides is 4. The lowest BCUT2D eigenvalue weighted by molar-refractivity contribution is -0.384. The maximum atomic E-state index is 14.2. The van der Waals surface area contributed by atoms with Crippen molar-refractivity contribution in [2.75, 3.05) is 24.3 Å². The molecule has 2 aromatic heterocycles. The number of halogens is 4. The molecule has 2 aliphatic carbocycles. The van der Waals surface area contributed by atoms with E-state index in [1.807, 2.05) is 24.3 Å². The van der Waals surface area contributed by atoms with Gasteiger partial charge in [-0.05, 0) is 87.8 Å². The molecule has 0 bridgehead atoms. The molecule has 68 heavy (non-hydrogen) atoms. The Morgan fingerprint density at radius 3 is 1.75 bits per heavy atom. The SMILES string of the molecule is Nc1ccn([C@@H]2O[C@H](CO)[C@H](O)C2(F)F)c(=O)n1.O=C(Nc1ccn([C@@H]2O[C@H](CO)[C@H](O)C2(F)F)c(=O)n1)OC1/C=C/CCCCC1.O=C(Oc1ccc([N+](=O)[O-])cc1)OC1/C=C/CCCCC1. The van der Waals surface area contributed by atoms with Crippen LogP contribution in [0.5, 0.6) is 5.75 Å². The minimum absolute atomic E-state index is 0.0568. The van der Waals surface area contributed by atoms with Crippen LogP contribution in [0.3, 0.4) is 0 Å². The molecule has 4 aliphatic rings. The molecule has 1 amide bonds. The highest BCUT2D eigenvalue weighted by Crippen LogP contribution is 2.43. The number of carbonyl (C=O) groups excluding carboxylic acids is 2. The second-order valence-corrected chi connectivity index (χ2v) is 15.7. The number of nitro groups is 1. The van der Waals surface area contributed by atoms with Gasteiger partial charge in [0.2, 0.25) is 12.5 Å². The molecule has 3 aromatic rings. The molecule has 0 spiro atoms. The quantitative estimate of drug-likeness (QED) is 0.0435. The number of non-ortho nitro benzene ring substituents is 1. The molecule has 7 rings (SSSR count). The predicted molar refractivity (Wildman–Crippen MR) is 228 cm³/mol. The van der Waals surface area contributed by atoms with Gasteiger partial charge in [0, 0.05) is 24.5 Å². The number of nitrogens with one attached hydrogen (secondary N) is 1. The number of anilines is 2. The van der Waals surface area contributed by atoms with Crippen molar-refractivity contribution in [3.05, 3.63) is 104 Å². The van der Waals surface area contributed by atoms with E-state index in [1.54, 1.807) is 0 Å². The van der Waals surface area contributed by atoms with E-state index in [9.17, 15) is 57.1 Å². The Kier molecular flexibility index (Phi) is 18.7. The average Bonchev–Trinajstić information content (AvgIpc) is 3.64. The normalized spacial score (nSPS) is 27.1. The molecule has 372 valence electrons. The van der Waals surface area contributed by atoms with Gasteiger partial charge in [-0.25, -0.2) is 19.2 Å². The maximum absolute atomic E-state index is 14.2. The van der Waals surface area contributed by atoms with Gasteiger partial charge in [0.25, 0.3) is 5.69 Å². The Morgan fingerprint density at radius 1 is 0.779 bits per heavy atom. The number of hydrogen-bond acceptors (Lipinski definition) is 18. The number of allylic oxidation sites excluding steroid dienone is 2. The first kappa shape index (κ1) is 52.6. The van der Waals surface area contributed by atoms with Crippen molar-refractivity contribution in [2.24, 2.45) is 0 Å². The van der Waals surface area contributed by atoms with Gasteiger partial charge in [0.05, 0.1) is 18.1 Å². The summed E-state index contributed by atoms with van der Waals surface area (Å²) in [5, 5.41) is 49.5. The van der Waals surface area contributed by atoms with E-state index in [4.69, 9.17) is 39.6 Å². The molecule has 22 nitrogen and oxygen atoms in total. The Bertz CT molecular complexity index is 2350. The van der Waals surface area contributed by atoms with Gasteiger partial charge in [-0.15, -0.1) is 0 Å². The van der Waals surface area contributed by atoms with E-state index in [0.29, 0.717) is 15.6 Å². The molecular formula is C42H51F4N7O15. The standard InChI is InChI=1S/C18H23F2N3O6.C15H17NO5.C9H11F2N3O4/c19-18(20)14(25)12(10-24)29-15(18)23-9-8-13(21-16(23)26)22-17(27)28-11-6-4-2-1-3-5-7-11;17-15(20-13-6-4-2-1-3-5-7-13)21-14-10-8-12(9-11-14)16(18)19;10-9(11)6(16)4(3-15)18-7(9)14-2-1-5(12)13-8(14)17/h4,6,8-9,11-12,14-15,24-25H,1-3,5,7,10H2,(H,21,22,26,27);4,6,8-11,13H,1-3,5,7H2;1-2,4,6-7,15-16H,3H2,(H2,12,13,17)/b2*6-4+;/t11?,12-,14+,15-;;4-,6+,7-/m1.1/s1. The highest BCUT2D eigenvalue weighted by Gasteiger charge is 2.60. The van der Waals surface area contributed by atoms with Crippen LogP contribution in [0, 0.1) is 10.1 Å². The fourth-order valence-corrected chi connectivity index (χ4v) is 7.11. The van der Waals surface area contributed by atoms with Crippen LogP contribution in [0.2, 0.25) is 0 Å². The molecule has 2 unspecified atom stereocenters. The number of ether oxygens (including phenoxy) is 5. The number of nitrogens with zero attached hydrogens (tertiary/aromatic N) is 5. The molecule has 1 aromatic carbocycles. The molecule has 2 saturated heterocycles. The van der Waals surface area contributed by atoms with Gasteiger partial charge in [-0.3, -0.25) is 24.6 Å². The number of hydrogen-bond donors (Lipinski definition) is 6. The summed E-state index contributed by atoms with van der Waals surface area (Å²) in [5.41, 5.74) is 3.03. The number of benzene rings is 1. The summed E-state index contributed by atoms with van der Waals surface area (Å²) in [6, 6.07) is 7.58. The molecule has 26 heteroatoms. The summed E-state index contributed by atoms with van der Waals surface area (Å²) in [7, 11) is 0. The predicted octanol–water partition coefficient (Wildman–Crippen LogP) is 4.28. The number of amides is 1. The number of rotatable bonds is 9. The van der Waals surface area contributed by atoms with E-state index in [0.717, 1.165) is 82.3 Å². The first-order valence-corrected chi connectivity index (χ1v) is 21.4. The number of nitro benzene ring substituents is 1. The molecule has 2 fully saturated rings. The Morgan fingerprint density at radius 2 is 1.28 bits per heavy atom. The van der Waals surface area contributed by atoms with Gasteiger partial charge in [0.15, 0.2) is 12.2 Å². The van der Waals surface area contributed by atoms with Crippen LogP contribution in [-0.2, 0) is 18.9 Å². The van der Waals surface area contributed by atoms with Crippen molar-refractivity contribution in [1.29, 1.82) is 0 Å². The van der Waals surface area contributed by atoms with Gasteiger partial charge in [-0.2, -0.15) is 27.5 Å². The number of aromatic nitrogens is 4. The van der Waals surface area contributed by atoms with E-state index in [1.165, 1.54) is 24.3 Å². The van der Waals surface area contributed by atoms with Crippen LogP contribution in [0.4, 0.5) is 44.5 Å². The zero-order valence-corrected chi connectivity index (χ0v) is 36.1. The number of aliphatic hydroxyl groups excluding tert-OH is 4. The van der Waals surface area contributed by atoms with Crippen LogP contribution in [0.1, 0.15) is 76.7 Å². The Labute approximate surface area is 383 Å². The highest BCUT2D eigenvalue weighted by molar-refractivity contribution is 5.83. The third kappa shape index (κ3) is 13.9. The van der Waals surface area contributed by atoms with Crippen molar-refractivity contribution in [3.8, 4) is 5.75 Å². The van der Waals surface area contributed by atoms with Gasteiger partial charge in [0.1, 0.15) is 41.8 Å². The molecule has 2 aliphatic heterocycles. The van der Waals surface area contributed by atoms with E-state index in [2.05, 4.69) is 15.3 Å². The monoisotopic (exact) mass is 969 g/mol. The summed E-state index contributed by atoms with van der Waals surface area (Å²) in [6.45, 7) is -1.62. The van der Waals surface area contributed by atoms with Gasteiger partial charge >= 0.3 is 35.5 Å². The largest absolute Gasteiger partial charge is 0.514 e. The number of carbonyl (C=O) groups is 2. The van der Waals surface area contributed by atoms with E-state index < -0.39 is 96.6 Å². The lowest BCUT2D eigenvalue weighted by Gasteiger charge is -2.21. The zero-order chi connectivity index (χ0) is 49.6. The van der Waals surface area contributed by atoms with E-state index in [-0.39, 0.29) is 29.2 Å². The van der Waals surface area contributed by atoms with Crippen LogP contribution in [0.15, 0.2) is 82.7 Å². The summed E-state index contributed by atoms with van der Waals surface area (Å²) in [5.74, 6) is -7.59. The average molecular weight is 970 g/mol. The fourth-order valence-electron chi connectivity index (χ4n) is 7.11. The highest BCUT2D eigenvalue weighted by atomic mass is 19.3. The van der Waals surface area contributed by atoms with Crippen LogP contribution in [0.25, 0.3) is 0 Å². The van der Waals surface area contributed by atoms with Crippen LogP contribution >= 0.6 is 0 Å². The zero-order valence-electron chi connectivity index (χ0n) is 36.1. The number of nitrogens with two attached hydrogens (primary N) is 1. The number of aliphatic hydroxyl groups is 4. The summed E-state index contributed by atoms with van der Waals surface area (Å²) in [6.07, 6.45) is 5.49. The van der Waals surface area contributed by atoms with Crippen molar-refractivity contribution < 1.29 is 76.2 Å². The minimum Gasteiger partial charge on any atom is -0.442 e. The van der Waals surface area contributed by atoms with Crippen LogP contribution < -0.4 is 27.2 Å². The molecule has 0 radical (unpaired) electrons. The fraction of sp³-hybridized carbons (Fsp3) is 0.524. The lowest BCUT2D eigenvalue weighted by atomic mass is 10.0. The summed E-state index contributed by atoms with van der Waals surface area (Å²) >= 11 is 0. The van der Waals surface area contributed by atoms with Crippen molar-refractivity contribution in [1.82, 2.24) is 19.1 Å².